The van der Waals surface area contributed by atoms with E-state index in [2.05, 4.69) is 123 Å². The molecule has 0 spiro atoms. The minimum atomic E-state index is -0.311. The Hall–Kier alpha value is -3.69. The molecule has 10 nitrogen and oxygen atoms in total. The lowest BCUT2D eigenvalue weighted by atomic mass is 9.83. The number of benzene rings is 1. The summed E-state index contributed by atoms with van der Waals surface area (Å²) in [4.78, 5) is 61.1. The molecule has 0 saturated heterocycles. The van der Waals surface area contributed by atoms with E-state index in [1.165, 1.54) is 31.9 Å². The van der Waals surface area contributed by atoms with Gasteiger partial charge in [-0.15, -0.1) is 0 Å². The number of hydrogen-bond donors (Lipinski definition) is 0. The molecule has 4 unspecified atom stereocenters. The van der Waals surface area contributed by atoms with Crippen LogP contribution >= 0.6 is 0 Å². The summed E-state index contributed by atoms with van der Waals surface area (Å²) in [5.74, 6) is 1.41. The average molecular weight is 1050 g/mol. The predicted octanol–water partition coefficient (Wildman–Crippen LogP) is 17.9. The third-order valence-corrected chi connectivity index (χ3v) is 13.5. The summed E-state index contributed by atoms with van der Waals surface area (Å²) in [7, 11) is 1.42. The number of carbonyl (C=O) groups is 5. The van der Waals surface area contributed by atoms with E-state index in [0.29, 0.717) is 30.9 Å². The number of methoxy groups -OCH3 is 1. The number of esters is 3. The van der Waals surface area contributed by atoms with Crippen LogP contribution in [0, 0.1) is 28.6 Å². The highest BCUT2D eigenvalue weighted by atomic mass is 16.5. The fourth-order valence-corrected chi connectivity index (χ4v) is 6.08. The SMILES string of the molecule is C.C.CCC(C)(C)C(=O)OC.CCC(C)c1ccccc1.CCCC/C=C/CCN(CC)C(=O)C(C)(CC)CC.CCCCN(CCC)C(=O)C(C)CC.CCCCOC(=O)C(C)CC.CCOC(=O)C(C)CC. The van der Waals surface area contributed by atoms with Gasteiger partial charge in [0.2, 0.25) is 11.8 Å². The topological polar surface area (TPSA) is 120 Å². The van der Waals surface area contributed by atoms with Crippen molar-refractivity contribution in [3.05, 3.63) is 48.0 Å². The number of nitrogens with zero attached hydrogens (tertiary/aromatic N) is 2. The maximum absolute atomic E-state index is 12.5. The smallest absolute Gasteiger partial charge is 0.311 e. The molecular formula is C64H126N2O8. The molecule has 0 N–H and O–H groups in total. The first-order valence-corrected chi connectivity index (χ1v) is 28.7. The van der Waals surface area contributed by atoms with E-state index in [1.54, 1.807) is 0 Å². The van der Waals surface area contributed by atoms with Crippen molar-refractivity contribution in [2.45, 2.75) is 262 Å². The number of rotatable bonds is 29. The Labute approximate surface area is 461 Å². The second kappa shape index (κ2) is 55.5. The molecule has 0 aliphatic heterocycles. The predicted molar refractivity (Wildman–Crippen MR) is 322 cm³/mol. The molecule has 74 heavy (non-hydrogen) atoms. The lowest BCUT2D eigenvalue weighted by Crippen LogP contribution is -2.42. The third kappa shape index (κ3) is 43.5. The van der Waals surface area contributed by atoms with Gasteiger partial charge >= 0.3 is 17.9 Å². The van der Waals surface area contributed by atoms with Crippen LogP contribution in [0.25, 0.3) is 0 Å². The summed E-state index contributed by atoms with van der Waals surface area (Å²) in [5, 5.41) is 0. The number of ether oxygens (including phenoxy) is 3. The van der Waals surface area contributed by atoms with E-state index < -0.39 is 0 Å². The first kappa shape index (κ1) is 84.3. The van der Waals surface area contributed by atoms with E-state index >= 15 is 0 Å². The van der Waals surface area contributed by atoms with Crippen LogP contribution in [0.5, 0.6) is 0 Å². The molecule has 0 bridgehead atoms. The van der Waals surface area contributed by atoms with Gasteiger partial charge in [-0.25, -0.2) is 0 Å². The number of allylic oxidation sites excluding steroid dienone is 1. The molecule has 1 aromatic carbocycles. The van der Waals surface area contributed by atoms with E-state index in [9.17, 15) is 24.0 Å². The molecule has 1 rings (SSSR count). The normalized spacial score (nSPS) is 12.0. The third-order valence-electron chi connectivity index (χ3n) is 13.5. The van der Waals surface area contributed by atoms with Crippen molar-refractivity contribution >= 4 is 29.7 Å². The van der Waals surface area contributed by atoms with Gasteiger partial charge < -0.3 is 24.0 Å². The van der Waals surface area contributed by atoms with Crippen LogP contribution in [0.3, 0.4) is 0 Å². The molecule has 0 aliphatic rings. The van der Waals surface area contributed by atoms with Crippen LogP contribution in [0.2, 0.25) is 0 Å². The van der Waals surface area contributed by atoms with Crippen LogP contribution in [0.1, 0.15) is 268 Å². The highest BCUT2D eigenvalue weighted by Crippen LogP contribution is 2.28. The van der Waals surface area contributed by atoms with Crippen LogP contribution < -0.4 is 0 Å². The van der Waals surface area contributed by atoms with Crippen LogP contribution in [-0.2, 0) is 38.2 Å². The van der Waals surface area contributed by atoms with Crippen molar-refractivity contribution in [2.75, 3.05) is 46.5 Å². The molecule has 10 heteroatoms. The second-order valence-corrected chi connectivity index (χ2v) is 19.9. The van der Waals surface area contributed by atoms with Crippen molar-refractivity contribution in [3.8, 4) is 0 Å². The number of hydrogen-bond acceptors (Lipinski definition) is 8. The van der Waals surface area contributed by atoms with Crippen LogP contribution in [-0.4, -0.2) is 86.0 Å². The largest absolute Gasteiger partial charge is 0.469 e. The Balaban J connectivity index is -0.000000148. The monoisotopic (exact) mass is 1050 g/mol. The molecule has 0 aromatic heterocycles. The minimum absolute atomic E-state index is 0. The quantitative estimate of drug-likeness (QED) is 0.0337. The number of carbonyl (C=O) groups excluding carboxylic acids is 5. The summed E-state index contributed by atoms with van der Waals surface area (Å²) in [6, 6.07) is 10.6. The number of unbranched alkanes of at least 4 members (excludes halogenated alkanes) is 4. The van der Waals surface area contributed by atoms with Gasteiger partial charge in [0.15, 0.2) is 0 Å². The van der Waals surface area contributed by atoms with Gasteiger partial charge in [0, 0.05) is 37.5 Å². The fourth-order valence-electron chi connectivity index (χ4n) is 6.08. The molecular weight excluding hydrogens is 925 g/mol. The van der Waals surface area contributed by atoms with Crippen molar-refractivity contribution < 1.29 is 38.2 Å². The van der Waals surface area contributed by atoms with Crippen molar-refractivity contribution in [1.29, 1.82) is 0 Å². The lowest BCUT2D eigenvalue weighted by Gasteiger charge is -2.32. The Morgan fingerprint density at radius 1 is 0.554 bits per heavy atom. The molecule has 0 saturated carbocycles. The standard InChI is InChI=1S/C17H33NO.C12H25NO.C10H14.C9H18O2.2C7H14O2.2CH4/c1-6-10-11-12-13-14-15-18(9-4)16(19)17(5,7-2)8-3;1-5-8-10-13(9-6-2)12(14)11(4)7-3;1-3-9(2)10-7-5-4-6-8-10;1-4-6-7-11-9(10)8(3)5-2;1-5-7(2,3)6(8)9-4;1-4-6(3)7(8)9-5-2;;/h12-13H,6-11,14-15H2,1-5H3;11H,5-10H2,1-4H3;4-9H,3H2,1-2H3;8H,4-7H2,1-3H3;5H2,1-4H3;6H,4-5H2,1-3H3;2*1H4/b13-12+;;;;;;;. The molecule has 0 radical (unpaired) electrons. The van der Waals surface area contributed by atoms with E-state index in [-0.39, 0.29) is 61.3 Å². The Morgan fingerprint density at radius 2 is 1.04 bits per heavy atom. The van der Waals surface area contributed by atoms with Crippen LogP contribution in [0.4, 0.5) is 0 Å². The zero-order valence-electron chi connectivity index (χ0n) is 51.1. The molecule has 1 aromatic rings. The zero-order chi connectivity index (χ0) is 56.6. The van der Waals surface area contributed by atoms with Crippen molar-refractivity contribution in [3.63, 3.8) is 0 Å². The summed E-state index contributed by atoms with van der Waals surface area (Å²) in [5.41, 5.74) is 0.960. The van der Waals surface area contributed by atoms with Gasteiger partial charge in [-0.05, 0) is 116 Å². The van der Waals surface area contributed by atoms with Gasteiger partial charge in [0.1, 0.15) is 0 Å². The number of amides is 2. The first-order valence-electron chi connectivity index (χ1n) is 28.7. The van der Waals surface area contributed by atoms with Gasteiger partial charge in [-0.2, -0.15) is 0 Å². The van der Waals surface area contributed by atoms with E-state index in [0.717, 1.165) is 110 Å². The lowest BCUT2D eigenvalue weighted by molar-refractivity contribution is -0.151. The second-order valence-electron chi connectivity index (χ2n) is 19.9. The molecule has 0 aliphatic carbocycles. The fraction of sp³-hybridized carbons (Fsp3) is 0.797. The van der Waals surface area contributed by atoms with Crippen LogP contribution in [0.15, 0.2) is 42.5 Å². The molecule has 0 fully saturated rings. The molecule has 0 heterocycles. The van der Waals surface area contributed by atoms with Gasteiger partial charge in [0.25, 0.3) is 0 Å². The van der Waals surface area contributed by atoms with Crippen molar-refractivity contribution in [1.82, 2.24) is 9.80 Å². The summed E-state index contributed by atoms with van der Waals surface area (Å²) >= 11 is 0. The van der Waals surface area contributed by atoms with Crippen molar-refractivity contribution in [2.24, 2.45) is 28.6 Å². The Kier molecular flexibility index (Phi) is 63.2. The zero-order valence-corrected chi connectivity index (χ0v) is 51.1. The van der Waals surface area contributed by atoms with E-state index in [1.807, 2.05) is 72.1 Å². The minimum Gasteiger partial charge on any atom is -0.469 e. The Morgan fingerprint density at radius 3 is 1.42 bits per heavy atom. The maximum atomic E-state index is 12.5. The summed E-state index contributed by atoms with van der Waals surface area (Å²) in [6.07, 6.45) is 21.1. The van der Waals surface area contributed by atoms with Gasteiger partial charge in [0.05, 0.1) is 37.6 Å². The highest BCUT2D eigenvalue weighted by molar-refractivity contribution is 5.82. The van der Waals surface area contributed by atoms with Gasteiger partial charge in [-0.1, -0.05) is 194 Å². The Bertz CT molecular complexity index is 1460. The van der Waals surface area contributed by atoms with E-state index in [4.69, 9.17) is 9.47 Å². The average Bonchev–Trinajstić information content (AvgIpc) is 3.41. The van der Waals surface area contributed by atoms with Gasteiger partial charge in [-0.3, -0.25) is 24.0 Å². The maximum Gasteiger partial charge on any atom is 0.311 e. The molecule has 440 valence electrons. The summed E-state index contributed by atoms with van der Waals surface area (Å²) < 4.78 is 14.3. The molecule has 4 atom stereocenters. The first-order chi connectivity index (χ1) is 34.0. The summed E-state index contributed by atoms with van der Waals surface area (Å²) in [6.45, 7) is 45.4. The molecule has 2 amide bonds. The highest BCUT2D eigenvalue weighted by Gasteiger charge is 2.32.